The molecule has 0 radical (unpaired) electrons. The highest BCUT2D eigenvalue weighted by Gasteiger charge is 2.29. The van der Waals surface area contributed by atoms with Gasteiger partial charge in [-0.2, -0.15) is 0 Å². The number of benzene rings is 1. The molecule has 0 aliphatic carbocycles. The van der Waals surface area contributed by atoms with E-state index < -0.39 is 0 Å². The van der Waals surface area contributed by atoms with Gasteiger partial charge in [-0.05, 0) is 64.5 Å². The highest BCUT2D eigenvalue weighted by atomic mass is 15.1. The Hall–Kier alpha value is -1.32. The van der Waals surface area contributed by atoms with Crippen molar-refractivity contribution in [2.75, 3.05) is 27.2 Å². The molecule has 1 aliphatic heterocycles. The van der Waals surface area contributed by atoms with E-state index in [0.717, 1.165) is 19.0 Å². The van der Waals surface area contributed by atoms with Gasteiger partial charge in [0.2, 0.25) is 0 Å². The summed E-state index contributed by atoms with van der Waals surface area (Å²) in [6.07, 6.45) is 2.53. The lowest BCUT2D eigenvalue weighted by molar-refractivity contribution is 0.178. The zero-order valence-corrected chi connectivity index (χ0v) is 12.7. The Labute approximate surface area is 121 Å². The van der Waals surface area contributed by atoms with E-state index in [1.807, 2.05) is 0 Å². The maximum Gasteiger partial charge on any atom is 0.0459 e. The molecule has 108 valence electrons. The SMILES string of the molecule is Cc1[nH]c2ccccc2c1C(C1CCNCC1)N(C)C. The zero-order valence-electron chi connectivity index (χ0n) is 12.7. The molecule has 3 heteroatoms. The Morgan fingerprint density at radius 1 is 1.15 bits per heavy atom. The first kappa shape index (κ1) is 13.7. The quantitative estimate of drug-likeness (QED) is 0.899. The molecule has 1 aliphatic rings. The smallest absolute Gasteiger partial charge is 0.0459 e. The molecule has 0 amide bonds. The van der Waals surface area contributed by atoms with Crippen molar-refractivity contribution in [1.82, 2.24) is 15.2 Å². The van der Waals surface area contributed by atoms with Gasteiger partial charge in [0.1, 0.15) is 0 Å². The highest BCUT2D eigenvalue weighted by Crippen LogP contribution is 2.38. The van der Waals surface area contributed by atoms with Crippen LogP contribution in [-0.2, 0) is 0 Å². The van der Waals surface area contributed by atoms with E-state index in [1.165, 1.54) is 35.0 Å². The van der Waals surface area contributed by atoms with Gasteiger partial charge in [0.15, 0.2) is 0 Å². The molecule has 1 unspecified atom stereocenters. The molecular formula is C17H25N3. The van der Waals surface area contributed by atoms with Gasteiger partial charge in [-0.1, -0.05) is 18.2 Å². The molecule has 0 bridgehead atoms. The van der Waals surface area contributed by atoms with Gasteiger partial charge in [0, 0.05) is 22.6 Å². The first-order valence-corrected chi connectivity index (χ1v) is 7.63. The summed E-state index contributed by atoms with van der Waals surface area (Å²) in [7, 11) is 4.43. The second-order valence-electron chi connectivity index (χ2n) is 6.21. The van der Waals surface area contributed by atoms with E-state index in [-0.39, 0.29) is 0 Å². The van der Waals surface area contributed by atoms with Gasteiger partial charge in [-0.3, -0.25) is 0 Å². The van der Waals surface area contributed by atoms with Crippen LogP contribution in [0, 0.1) is 12.8 Å². The maximum atomic E-state index is 3.56. The van der Waals surface area contributed by atoms with Gasteiger partial charge in [-0.25, -0.2) is 0 Å². The summed E-state index contributed by atoms with van der Waals surface area (Å²) < 4.78 is 0. The Morgan fingerprint density at radius 3 is 2.55 bits per heavy atom. The fourth-order valence-corrected chi connectivity index (χ4v) is 3.76. The molecule has 0 spiro atoms. The number of nitrogens with one attached hydrogen (secondary N) is 2. The number of H-pyrrole nitrogens is 1. The molecule has 3 nitrogen and oxygen atoms in total. The van der Waals surface area contributed by atoms with Crippen molar-refractivity contribution in [3.8, 4) is 0 Å². The van der Waals surface area contributed by atoms with Crippen LogP contribution in [0.2, 0.25) is 0 Å². The number of piperidine rings is 1. The van der Waals surface area contributed by atoms with E-state index in [9.17, 15) is 0 Å². The average Bonchev–Trinajstić information content (AvgIpc) is 2.77. The maximum absolute atomic E-state index is 3.56. The minimum absolute atomic E-state index is 0.508. The summed E-state index contributed by atoms with van der Waals surface area (Å²) >= 11 is 0. The molecule has 1 aromatic heterocycles. The summed E-state index contributed by atoms with van der Waals surface area (Å²) in [5.41, 5.74) is 4.08. The summed E-state index contributed by atoms with van der Waals surface area (Å²) in [6, 6.07) is 9.20. The van der Waals surface area contributed by atoms with Crippen LogP contribution in [-0.4, -0.2) is 37.1 Å². The Morgan fingerprint density at radius 2 is 1.85 bits per heavy atom. The molecule has 0 saturated carbocycles. The Bertz CT molecular complexity index is 579. The van der Waals surface area contributed by atoms with Gasteiger partial charge in [-0.15, -0.1) is 0 Å². The largest absolute Gasteiger partial charge is 0.358 e. The molecule has 2 N–H and O–H groups in total. The number of aryl methyl sites for hydroxylation is 1. The molecule has 1 fully saturated rings. The van der Waals surface area contributed by atoms with Crippen molar-refractivity contribution < 1.29 is 0 Å². The van der Waals surface area contributed by atoms with Gasteiger partial charge < -0.3 is 15.2 Å². The van der Waals surface area contributed by atoms with E-state index in [1.54, 1.807) is 0 Å². The number of nitrogens with zero attached hydrogens (tertiary/aromatic N) is 1. The second-order valence-corrected chi connectivity index (χ2v) is 6.21. The van der Waals surface area contributed by atoms with Crippen LogP contribution in [0.4, 0.5) is 0 Å². The Balaban J connectivity index is 2.07. The Kier molecular flexibility index (Phi) is 3.81. The molecule has 2 aromatic rings. The third-order valence-corrected chi connectivity index (χ3v) is 4.63. The number of fused-ring (bicyclic) bond motifs is 1. The van der Waals surface area contributed by atoms with E-state index in [2.05, 4.69) is 60.5 Å². The normalized spacial score (nSPS) is 18.8. The van der Waals surface area contributed by atoms with E-state index in [4.69, 9.17) is 0 Å². The third kappa shape index (κ3) is 2.36. The van der Waals surface area contributed by atoms with Crippen molar-refractivity contribution in [2.45, 2.75) is 25.8 Å². The van der Waals surface area contributed by atoms with Crippen molar-refractivity contribution in [2.24, 2.45) is 5.92 Å². The summed E-state index contributed by atoms with van der Waals surface area (Å²) in [5.74, 6) is 0.740. The number of hydrogen-bond donors (Lipinski definition) is 2. The standard InChI is InChI=1S/C17H25N3/c1-12-16(14-6-4-5-7-15(14)19-12)17(20(2)3)13-8-10-18-11-9-13/h4-7,13,17-19H,8-11H2,1-3H3. The van der Waals surface area contributed by atoms with Crippen molar-refractivity contribution >= 4 is 10.9 Å². The molecular weight excluding hydrogens is 246 g/mol. The topological polar surface area (TPSA) is 31.1 Å². The number of aromatic nitrogens is 1. The van der Waals surface area contributed by atoms with Crippen molar-refractivity contribution in [3.63, 3.8) is 0 Å². The summed E-state index contributed by atoms with van der Waals surface area (Å²) in [4.78, 5) is 5.96. The van der Waals surface area contributed by atoms with Crippen LogP contribution in [0.1, 0.15) is 30.1 Å². The number of para-hydroxylation sites is 1. The lowest BCUT2D eigenvalue weighted by Crippen LogP contribution is -2.36. The van der Waals surface area contributed by atoms with E-state index >= 15 is 0 Å². The van der Waals surface area contributed by atoms with Crippen LogP contribution in [0.3, 0.4) is 0 Å². The number of aromatic amines is 1. The molecule has 1 aromatic carbocycles. The van der Waals surface area contributed by atoms with Crippen LogP contribution >= 0.6 is 0 Å². The predicted octanol–water partition coefficient (Wildman–Crippen LogP) is 3.08. The van der Waals surface area contributed by atoms with Gasteiger partial charge >= 0.3 is 0 Å². The molecule has 20 heavy (non-hydrogen) atoms. The van der Waals surface area contributed by atoms with Crippen molar-refractivity contribution in [1.29, 1.82) is 0 Å². The monoisotopic (exact) mass is 271 g/mol. The summed E-state index contributed by atoms with van der Waals surface area (Å²) in [5, 5.41) is 4.87. The highest BCUT2D eigenvalue weighted by molar-refractivity contribution is 5.85. The van der Waals surface area contributed by atoms with Crippen molar-refractivity contribution in [3.05, 3.63) is 35.5 Å². The lowest BCUT2D eigenvalue weighted by Gasteiger charge is -2.35. The fourth-order valence-electron chi connectivity index (χ4n) is 3.76. The van der Waals surface area contributed by atoms with Crippen LogP contribution < -0.4 is 5.32 Å². The molecule has 3 rings (SSSR count). The third-order valence-electron chi connectivity index (χ3n) is 4.63. The zero-order chi connectivity index (χ0) is 14.1. The van der Waals surface area contributed by atoms with Gasteiger partial charge in [0.05, 0.1) is 0 Å². The first-order valence-electron chi connectivity index (χ1n) is 7.63. The second kappa shape index (κ2) is 5.58. The first-order chi connectivity index (χ1) is 9.68. The fraction of sp³-hybridized carbons (Fsp3) is 0.529. The number of hydrogen-bond acceptors (Lipinski definition) is 2. The minimum atomic E-state index is 0.508. The predicted molar refractivity (Wildman–Crippen MR) is 85.1 cm³/mol. The van der Waals surface area contributed by atoms with E-state index in [0.29, 0.717) is 6.04 Å². The molecule has 1 atom stereocenters. The van der Waals surface area contributed by atoms with Gasteiger partial charge in [0.25, 0.3) is 0 Å². The number of rotatable bonds is 3. The lowest BCUT2D eigenvalue weighted by atomic mass is 9.84. The molecule has 1 saturated heterocycles. The van der Waals surface area contributed by atoms with Crippen LogP contribution in [0.15, 0.2) is 24.3 Å². The average molecular weight is 271 g/mol. The van der Waals surface area contributed by atoms with Crippen LogP contribution in [0.5, 0.6) is 0 Å². The van der Waals surface area contributed by atoms with Crippen LogP contribution in [0.25, 0.3) is 10.9 Å². The minimum Gasteiger partial charge on any atom is -0.358 e. The summed E-state index contributed by atoms with van der Waals surface area (Å²) in [6.45, 7) is 4.51. The molecule has 2 heterocycles.